The van der Waals surface area contributed by atoms with E-state index in [1.165, 1.54) is 11.6 Å². The Morgan fingerprint density at radius 3 is 2.80 bits per heavy atom. The van der Waals surface area contributed by atoms with Gasteiger partial charge in [0, 0.05) is 17.0 Å². The molecule has 1 aliphatic rings. The molecule has 0 aliphatic heterocycles. The predicted molar refractivity (Wildman–Crippen MR) is 97.6 cm³/mol. The fourth-order valence-electron chi connectivity index (χ4n) is 3.43. The number of aryl methyl sites for hydroxylation is 1. The van der Waals surface area contributed by atoms with Crippen molar-refractivity contribution in [1.29, 1.82) is 0 Å². The zero-order chi connectivity index (χ0) is 18.0. The number of carbonyl (C=O) groups is 1. The summed E-state index contributed by atoms with van der Waals surface area (Å²) in [6, 6.07) is 5.35. The van der Waals surface area contributed by atoms with Crippen molar-refractivity contribution in [2.75, 3.05) is 0 Å². The maximum absolute atomic E-state index is 12.1. The van der Waals surface area contributed by atoms with Crippen LogP contribution in [0.1, 0.15) is 55.7 Å². The van der Waals surface area contributed by atoms with E-state index in [2.05, 4.69) is 26.0 Å². The van der Waals surface area contributed by atoms with Crippen LogP contribution in [0.3, 0.4) is 0 Å². The van der Waals surface area contributed by atoms with E-state index in [4.69, 9.17) is 9.15 Å². The van der Waals surface area contributed by atoms with Crippen LogP contribution in [-0.4, -0.2) is 5.97 Å². The van der Waals surface area contributed by atoms with Crippen LogP contribution in [0.5, 0.6) is 0 Å². The maximum atomic E-state index is 12.1. The number of esters is 1. The molecule has 0 N–H and O–H groups in total. The summed E-state index contributed by atoms with van der Waals surface area (Å²) in [6.07, 6.45) is 6.60. The fourth-order valence-corrected chi connectivity index (χ4v) is 3.43. The minimum atomic E-state index is -0.422. The minimum Gasteiger partial charge on any atom is -0.461 e. The fraction of sp³-hybridized carbons (Fsp3) is 0.429. The monoisotopic (exact) mass is 340 g/mol. The zero-order valence-electron chi connectivity index (χ0n) is 15.0. The molecular formula is C21H24O4. The van der Waals surface area contributed by atoms with Crippen molar-refractivity contribution in [2.24, 2.45) is 5.92 Å². The Morgan fingerprint density at radius 2 is 2.12 bits per heavy atom. The smallest absolute Gasteiger partial charge is 0.336 e. The Labute approximate surface area is 147 Å². The van der Waals surface area contributed by atoms with Crippen LogP contribution in [-0.2, 0) is 16.1 Å². The molecule has 0 radical (unpaired) electrons. The average Bonchev–Trinajstić information content (AvgIpc) is 3.04. The van der Waals surface area contributed by atoms with Gasteiger partial charge in [-0.3, -0.25) is 4.79 Å². The third-order valence-electron chi connectivity index (χ3n) is 4.77. The molecule has 2 aromatic rings. The Bertz CT molecular complexity index is 873. The first-order valence-corrected chi connectivity index (χ1v) is 8.83. The second-order valence-corrected chi connectivity index (χ2v) is 7.08. The highest BCUT2D eigenvalue weighted by Gasteiger charge is 2.16. The largest absolute Gasteiger partial charge is 0.461 e. The first kappa shape index (κ1) is 17.5. The van der Waals surface area contributed by atoms with Gasteiger partial charge in [-0.1, -0.05) is 26.0 Å². The molecule has 0 spiro atoms. The van der Waals surface area contributed by atoms with Crippen LogP contribution in [0.15, 0.2) is 39.6 Å². The van der Waals surface area contributed by atoms with Gasteiger partial charge in [-0.2, -0.15) is 0 Å². The second-order valence-electron chi connectivity index (χ2n) is 7.08. The summed E-state index contributed by atoms with van der Waals surface area (Å²) in [5.41, 5.74) is 3.11. The highest BCUT2D eigenvalue weighted by atomic mass is 16.5. The molecule has 1 aliphatic carbocycles. The van der Waals surface area contributed by atoms with Gasteiger partial charge in [0.2, 0.25) is 0 Å². The molecule has 0 unspecified atom stereocenters. The number of rotatable bonds is 5. The zero-order valence-corrected chi connectivity index (χ0v) is 15.0. The van der Waals surface area contributed by atoms with E-state index in [9.17, 15) is 9.59 Å². The molecule has 0 saturated carbocycles. The van der Waals surface area contributed by atoms with E-state index in [-0.39, 0.29) is 18.5 Å². The number of hydrogen-bond donors (Lipinski definition) is 0. The van der Waals surface area contributed by atoms with E-state index in [1.54, 1.807) is 0 Å². The summed E-state index contributed by atoms with van der Waals surface area (Å²) < 4.78 is 10.8. The molecule has 0 fully saturated rings. The molecule has 1 heterocycles. The van der Waals surface area contributed by atoms with Gasteiger partial charge in [0.05, 0.1) is 6.42 Å². The van der Waals surface area contributed by atoms with Gasteiger partial charge >= 0.3 is 11.6 Å². The molecule has 4 nitrogen and oxygen atoms in total. The van der Waals surface area contributed by atoms with Crippen LogP contribution in [0.25, 0.3) is 11.0 Å². The minimum absolute atomic E-state index is 0.0952. The molecule has 1 aromatic carbocycles. The number of ether oxygens (including phenoxy) is 1. The summed E-state index contributed by atoms with van der Waals surface area (Å²) >= 11 is 0. The molecule has 1 atom stereocenters. The number of fused-ring (bicyclic) bond motifs is 1. The Kier molecular flexibility index (Phi) is 5.07. The molecule has 0 saturated heterocycles. The highest BCUT2D eigenvalue weighted by Crippen LogP contribution is 2.27. The van der Waals surface area contributed by atoms with Gasteiger partial charge in [-0.25, -0.2) is 4.79 Å². The van der Waals surface area contributed by atoms with Crippen molar-refractivity contribution >= 4 is 16.9 Å². The lowest BCUT2D eigenvalue weighted by molar-refractivity contribution is -0.145. The number of benzene rings is 1. The Morgan fingerprint density at radius 1 is 1.32 bits per heavy atom. The second kappa shape index (κ2) is 7.26. The van der Waals surface area contributed by atoms with E-state index in [0.717, 1.165) is 23.8 Å². The topological polar surface area (TPSA) is 56.5 Å². The Balaban J connectivity index is 1.84. The lowest BCUT2D eigenvalue weighted by Gasteiger charge is -2.13. The van der Waals surface area contributed by atoms with Crippen LogP contribution < -0.4 is 5.63 Å². The lowest BCUT2D eigenvalue weighted by atomic mass is 9.95. The Hall–Kier alpha value is -2.36. The quantitative estimate of drug-likeness (QED) is 0.452. The standard InChI is InChI=1S/C21H24O4/c1-13(2)17-11-18-16(10-21(23)25-19(18)8-14(17)3)12-24-20(22)9-15-6-4-5-7-15/h4,6,8,10-11,13,15H,5,7,9,12H2,1-3H3/t15-/m0/s1. The van der Waals surface area contributed by atoms with Gasteiger partial charge in [0.1, 0.15) is 12.2 Å². The van der Waals surface area contributed by atoms with E-state index in [1.807, 2.05) is 19.1 Å². The van der Waals surface area contributed by atoms with Gasteiger partial charge < -0.3 is 9.15 Å². The molecule has 1 aromatic heterocycles. The summed E-state index contributed by atoms with van der Waals surface area (Å²) in [4.78, 5) is 23.9. The van der Waals surface area contributed by atoms with Crippen molar-refractivity contribution in [3.05, 3.63) is 57.5 Å². The van der Waals surface area contributed by atoms with Crippen molar-refractivity contribution in [1.82, 2.24) is 0 Å². The first-order valence-electron chi connectivity index (χ1n) is 8.83. The normalized spacial score (nSPS) is 16.7. The van der Waals surface area contributed by atoms with Crippen molar-refractivity contribution in [3.63, 3.8) is 0 Å². The lowest BCUT2D eigenvalue weighted by Crippen LogP contribution is -2.10. The van der Waals surface area contributed by atoms with Crippen LogP contribution >= 0.6 is 0 Å². The van der Waals surface area contributed by atoms with Gasteiger partial charge in [0.25, 0.3) is 0 Å². The maximum Gasteiger partial charge on any atom is 0.336 e. The van der Waals surface area contributed by atoms with E-state index in [0.29, 0.717) is 23.5 Å². The summed E-state index contributed by atoms with van der Waals surface area (Å²) in [7, 11) is 0. The first-order chi connectivity index (χ1) is 11.9. The molecule has 0 amide bonds. The van der Waals surface area contributed by atoms with Crippen molar-refractivity contribution in [3.8, 4) is 0 Å². The van der Waals surface area contributed by atoms with Gasteiger partial charge in [-0.15, -0.1) is 0 Å². The highest BCUT2D eigenvalue weighted by molar-refractivity contribution is 5.82. The van der Waals surface area contributed by atoms with Crippen LogP contribution in [0.4, 0.5) is 0 Å². The molecule has 25 heavy (non-hydrogen) atoms. The van der Waals surface area contributed by atoms with Gasteiger partial charge in [0.15, 0.2) is 0 Å². The molecular weight excluding hydrogens is 316 g/mol. The molecule has 3 rings (SSSR count). The van der Waals surface area contributed by atoms with Gasteiger partial charge in [-0.05, 0) is 54.9 Å². The summed E-state index contributed by atoms with van der Waals surface area (Å²) in [6.45, 7) is 6.36. The van der Waals surface area contributed by atoms with Crippen LogP contribution in [0.2, 0.25) is 0 Å². The SMILES string of the molecule is Cc1cc2oc(=O)cc(COC(=O)C[C@H]3C=CCC3)c2cc1C(C)C. The van der Waals surface area contributed by atoms with E-state index >= 15 is 0 Å². The van der Waals surface area contributed by atoms with Crippen LogP contribution in [0, 0.1) is 12.8 Å². The molecule has 0 bridgehead atoms. The van der Waals surface area contributed by atoms with E-state index < -0.39 is 5.63 Å². The average molecular weight is 340 g/mol. The summed E-state index contributed by atoms with van der Waals surface area (Å²) in [5, 5.41) is 0.836. The molecule has 132 valence electrons. The predicted octanol–water partition coefficient (Wildman–Crippen LogP) is 4.62. The number of carbonyl (C=O) groups excluding carboxylic acids is 1. The van der Waals surface area contributed by atoms with Crippen molar-refractivity contribution in [2.45, 2.75) is 52.6 Å². The third kappa shape index (κ3) is 4.01. The molecule has 4 heteroatoms. The third-order valence-corrected chi connectivity index (χ3v) is 4.77. The number of allylic oxidation sites excluding steroid dienone is 2. The summed E-state index contributed by atoms with van der Waals surface area (Å²) in [5.74, 6) is 0.412. The number of hydrogen-bond acceptors (Lipinski definition) is 4. The van der Waals surface area contributed by atoms with Crippen molar-refractivity contribution < 1.29 is 13.9 Å².